The lowest BCUT2D eigenvalue weighted by Gasteiger charge is -2.09. The number of nitrogens with one attached hydrogen (secondary N) is 2. The van der Waals surface area contributed by atoms with E-state index in [0.29, 0.717) is 29.1 Å². The second-order valence-electron chi connectivity index (χ2n) is 6.93. The molecule has 32 heavy (non-hydrogen) atoms. The van der Waals surface area contributed by atoms with E-state index in [0.717, 1.165) is 10.5 Å². The van der Waals surface area contributed by atoms with Crippen LogP contribution in [0.15, 0.2) is 77.7 Å². The average Bonchev–Trinajstić information content (AvgIpc) is 2.79. The molecular weight excluding hydrogens is 424 g/mol. The largest absolute Gasteiger partial charge is 0.462 e. The molecule has 6 nitrogen and oxygen atoms in total. The van der Waals surface area contributed by atoms with Gasteiger partial charge in [0.25, 0.3) is 5.91 Å². The quantitative estimate of drug-likeness (QED) is 0.368. The van der Waals surface area contributed by atoms with Crippen LogP contribution in [0.2, 0.25) is 0 Å². The second kappa shape index (κ2) is 11.2. The van der Waals surface area contributed by atoms with E-state index in [1.807, 2.05) is 49.4 Å². The van der Waals surface area contributed by atoms with Gasteiger partial charge in [0.15, 0.2) is 0 Å². The van der Waals surface area contributed by atoms with Gasteiger partial charge in [0.1, 0.15) is 0 Å². The van der Waals surface area contributed by atoms with Crippen LogP contribution < -0.4 is 10.6 Å². The van der Waals surface area contributed by atoms with Gasteiger partial charge in [-0.25, -0.2) is 4.79 Å². The minimum Gasteiger partial charge on any atom is -0.462 e. The summed E-state index contributed by atoms with van der Waals surface area (Å²) in [5.41, 5.74) is 3.23. The molecule has 2 amide bonds. The van der Waals surface area contributed by atoms with Gasteiger partial charge in [0.2, 0.25) is 5.91 Å². The predicted molar refractivity (Wildman–Crippen MR) is 127 cm³/mol. The first-order valence-corrected chi connectivity index (χ1v) is 11.1. The number of rotatable bonds is 8. The molecule has 0 aliphatic rings. The Morgan fingerprint density at radius 1 is 0.875 bits per heavy atom. The minimum atomic E-state index is -0.393. The number of ether oxygens (including phenoxy) is 1. The standard InChI is InChI=1S/C25H24N2O4S/c1-3-31-25(30)18-11-13-19(14-12-18)26-23(28)16-32-21-9-6-8-20(15-21)27-24(29)22-10-5-4-7-17(22)2/h4-15H,3,16H2,1-2H3,(H,26,28)(H,27,29). The first-order valence-electron chi connectivity index (χ1n) is 10.1. The average molecular weight is 449 g/mol. The zero-order chi connectivity index (χ0) is 22.9. The topological polar surface area (TPSA) is 84.5 Å². The van der Waals surface area contributed by atoms with Crippen molar-refractivity contribution in [3.8, 4) is 0 Å². The molecule has 3 aromatic carbocycles. The van der Waals surface area contributed by atoms with E-state index in [1.165, 1.54) is 11.8 Å². The Labute approximate surface area is 191 Å². The molecular formula is C25H24N2O4S. The number of hydrogen-bond donors (Lipinski definition) is 2. The highest BCUT2D eigenvalue weighted by molar-refractivity contribution is 8.00. The highest BCUT2D eigenvalue weighted by atomic mass is 32.2. The van der Waals surface area contributed by atoms with Gasteiger partial charge in [0.05, 0.1) is 17.9 Å². The number of aryl methyl sites for hydroxylation is 1. The maximum absolute atomic E-state index is 12.5. The van der Waals surface area contributed by atoms with Gasteiger partial charge >= 0.3 is 5.97 Å². The molecule has 0 aliphatic carbocycles. The Morgan fingerprint density at radius 3 is 2.34 bits per heavy atom. The summed E-state index contributed by atoms with van der Waals surface area (Å²) in [7, 11) is 0. The summed E-state index contributed by atoms with van der Waals surface area (Å²) in [4.78, 5) is 37.4. The van der Waals surface area contributed by atoms with Crippen molar-refractivity contribution in [2.45, 2.75) is 18.7 Å². The molecule has 0 atom stereocenters. The smallest absolute Gasteiger partial charge is 0.338 e. The highest BCUT2D eigenvalue weighted by Crippen LogP contribution is 2.23. The molecule has 0 aliphatic heterocycles. The van der Waals surface area contributed by atoms with E-state index in [4.69, 9.17) is 4.74 Å². The van der Waals surface area contributed by atoms with Crippen molar-refractivity contribution in [1.82, 2.24) is 0 Å². The zero-order valence-corrected chi connectivity index (χ0v) is 18.7. The van der Waals surface area contributed by atoms with Gasteiger partial charge < -0.3 is 15.4 Å². The van der Waals surface area contributed by atoms with Gasteiger partial charge in [-0.3, -0.25) is 9.59 Å². The van der Waals surface area contributed by atoms with Crippen LogP contribution in [0.4, 0.5) is 11.4 Å². The van der Waals surface area contributed by atoms with E-state index in [1.54, 1.807) is 37.3 Å². The van der Waals surface area contributed by atoms with Gasteiger partial charge in [0, 0.05) is 21.8 Å². The van der Waals surface area contributed by atoms with Crippen molar-refractivity contribution < 1.29 is 19.1 Å². The van der Waals surface area contributed by atoms with Crippen molar-refractivity contribution in [1.29, 1.82) is 0 Å². The summed E-state index contributed by atoms with van der Waals surface area (Å²) in [5.74, 6) is -0.535. The molecule has 0 heterocycles. The normalized spacial score (nSPS) is 10.3. The summed E-state index contributed by atoms with van der Waals surface area (Å²) in [6.45, 7) is 3.95. The molecule has 0 spiro atoms. The lowest BCUT2D eigenvalue weighted by atomic mass is 10.1. The van der Waals surface area contributed by atoms with Gasteiger partial charge in [-0.15, -0.1) is 11.8 Å². The molecule has 0 radical (unpaired) electrons. The molecule has 0 bridgehead atoms. The Morgan fingerprint density at radius 2 is 1.62 bits per heavy atom. The fourth-order valence-electron chi connectivity index (χ4n) is 2.94. The minimum absolute atomic E-state index is 0.172. The highest BCUT2D eigenvalue weighted by Gasteiger charge is 2.10. The summed E-state index contributed by atoms with van der Waals surface area (Å²) >= 11 is 1.37. The number of benzene rings is 3. The van der Waals surface area contributed by atoms with Crippen molar-refractivity contribution in [3.63, 3.8) is 0 Å². The predicted octanol–water partition coefficient (Wildman–Crippen LogP) is 5.15. The van der Waals surface area contributed by atoms with Crippen LogP contribution in [-0.2, 0) is 9.53 Å². The Hall–Kier alpha value is -3.58. The van der Waals surface area contributed by atoms with E-state index < -0.39 is 5.97 Å². The number of anilines is 2. The number of carbonyl (C=O) groups excluding carboxylic acids is 3. The van der Waals surface area contributed by atoms with E-state index in [-0.39, 0.29) is 17.6 Å². The van der Waals surface area contributed by atoms with E-state index >= 15 is 0 Å². The lowest BCUT2D eigenvalue weighted by Crippen LogP contribution is -2.14. The van der Waals surface area contributed by atoms with Crippen LogP contribution in [0.1, 0.15) is 33.2 Å². The van der Waals surface area contributed by atoms with Crippen LogP contribution in [0.25, 0.3) is 0 Å². The number of thioether (sulfide) groups is 1. The summed E-state index contributed by atoms with van der Waals surface area (Å²) in [6.07, 6.45) is 0. The first-order chi connectivity index (χ1) is 15.5. The van der Waals surface area contributed by atoms with E-state index in [9.17, 15) is 14.4 Å². The van der Waals surface area contributed by atoms with Crippen LogP contribution >= 0.6 is 11.8 Å². The van der Waals surface area contributed by atoms with Crippen molar-refractivity contribution in [3.05, 3.63) is 89.5 Å². The van der Waals surface area contributed by atoms with Crippen molar-refractivity contribution >= 4 is 40.9 Å². The van der Waals surface area contributed by atoms with Crippen molar-refractivity contribution in [2.75, 3.05) is 23.0 Å². The SMILES string of the molecule is CCOC(=O)c1ccc(NC(=O)CSc2cccc(NC(=O)c3ccccc3C)c2)cc1. The third kappa shape index (κ3) is 6.46. The molecule has 3 rings (SSSR count). The third-order valence-electron chi connectivity index (χ3n) is 4.53. The number of esters is 1. The molecule has 2 N–H and O–H groups in total. The summed E-state index contributed by atoms with van der Waals surface area (Å²) in [5, 5.41) is 5.70. The fraction of sp³-hybridized carbons (Fsp3) is 0.160. The first kappa shape index (κ1) is 23.1. The number of carbonyl (C=O) groups is 3. The van der Waals surface area contributed by atoms with Crippen LogP contribution in [0.3, 0.4) is 0 Å². The molecule has 164 valence electrons. The Balaban J connectivity index is 1.53. The zero-order valence-electron chi connectivity index (χ0n) is 17.9. The van der Waals surface area contributed by atoms with Gasteiger partial charge in [-0.2, -0.15) is 0 Å². The summed E-state index contributed by atoms with van der Waals surface area (Å²) in [6, 6.07) is 21.3. The molecule has 3 aromatic rings. The maximum Gasteiger partial charge on any atom is 0.338 e. The van der Waals surface area contributed by atoms with Crippen LogP contribution in [-0.4, -0.2) is 30.1 Å². The monoisotopic (exact) mass is 448 g/mol. The third-order valence-corrected chi connectivity index (χ3v) is 5.53. The van der Waals surface area contributed by atoms with Crippen LogP contribution in [0.5, 0.6) is 0 Å². The lowest BCUT2D eigenvalue weighted by molar-refractivity contribution is -0.113. The second-order valence-corrected chi connectivity index (χ2v) is 7.98. The molecule has 0 saturated heterocycles. The number of amides is 2. The number of hydrogen-bond acceptors (Lipinski definition) is 5. The molecule has 0 unspecified atom stereocenters. The molecule has 0 saturated carbocycles. The molecule has 0 aromatic heterocycles. The summed E-state index contributed by atoms with van der Waals surface area (Å²) < 4.78 is 4.95. The molecule has 0 fully saturated rings. The maximum atomic E-state index is 12.5. The Bertz CT molecular complexity index is 1110. The Kier molecular flexibility index (Phi) is 8.05. The van der Waals surface area contributed by atoms with Gasteiger partial charge in [-0.1, -0.05) is 24.3 Å². The van der Waals surface area contributed by atoms with E-state index in [2.05, 4.69) is 10.6 Å². The fourth-order valence-corrected chi connectivity index (χ4v) is 3.69. The molecule has 7 heteroatoms. The van der Waals surface area contributed by atoms with Crippen molar-refractivity contribution in [2.24, 2.45) is 0 Å². The van der Waals surface area contributed by atoms with Crippen LogP contribution in [0, 0.1) is 6.92 Å². The van der Waals surface area contributed by atoms with Gasteiger partial charge in [-0.05, 0) is 67.9 Å².